The molecule has 5 nitrogen and oxygen atoms in total. The third-order valence-corrected chi connectivity index (χ3v) is 7.56. The molecular formula is C31H19Cl3N2O3. The molecule has 2 heterocycles. The fraction of sp³-hybridized carbons (Fsp3) is 0.0323. The van der Waals surface area contributed by atoms with E-state index in [1.165, 1.54) is 7.11 Å². The van der Waals surface area contributed by atoms with Crippen LogP contribution in [0.5, 0.6) is 23.1 Å². The second-order valence-electron chi connectivity index (χ2n) is 8.74. The summed E-state index contributed by atoms with van der Waals surface area (Å²) in [6.45, 7) is 0. The molecule has 0 aliphatic rings. The lowest BCUT2D eigenvalue weighted by molar-refractivity contribution is 0.366. The minimum absolute atomic E-state index is 0.0775. The predicted molar refractivity (Wildman–Crippen MR) is 158 cm³/mol. The van der Waals surface area contributed by atoms with Gasteiger partial charge in [0.05, 0.1) is 17.2 Å². The van der Waals surface area contributed by atoms with Gasteiger partial charge in [0.1, 0.15) is 16.7 Å². The average Bonchev–Trinajstić information content (AvgIpc) is 2.97. The van der Waals surface area contributed by atoms with Gasteiger partial charge in [0, 0.05) is 50.8 Å². The Morgan fingerprint density at radius 3 is 2.23 bits per heavy atom. The lowest BCUT2D eigenvalue weighted by Gasteiger charge is -2.21. The average molecular weight is 574 g/mol. The van der Waals surface area contributed by atoms with Crippen LogP contribution in [0.15, 0.2) is 91.3 Å². The van der Waals surface area contributed by atoms with E-state index in [0.717, 1.165) is 10.8 Å². The van der Waals surface area contributed by atoms with E-state index >= 15 is 0 Å². The number of halogens is 3. The van der Waals surface area contributed by atoms with Crippen molar-refractivity contribution in [2.24, 2.45) is 0 Å². The van der Waals surface area contributed by atoms with Crippen LogP contribution in [0.1, 0.15) is 0 Å². The van der Waals surface area contributed by atoms with Gasteiger partial charge in [-0.15, -0.1) is 0 Å². The zero-order chi connectivity index (χ0) is 27.1. The van der Waals surface area contributed by atoms with E-state index < -0.39 is 0 Å². The van der Waals surface area contributed by atoms with Gasteiger partial charge in [-0.3, -0.25) is 4.98 Å². The molecular weight excluding hydrogens is 555 g/mol. The summed E-state index contributed by atoms with van der Waals surface area (Å²) in [5, 5.41) is 15.2. The summed E-state index contributed by atoms with van der Waals surface area (Å²) in [7, 11) is 1.48. The Morgan fingerprint density at radius 1 is 0.744 bits per heavy atom. The number of nitrogens with zero attached hydrogens (tertiary/aromatic N) is 2. The zero-order valence-corrected chi connectivity index (χ0v) is 22.7. The van der Waals surface area contributed by atoms with Crippen molar-refractivity contribution in [3.8, 4) is 45.4 Å². The van der Waals surface area contributed by atoms with E-state index in [1.54, 1.807) is 18.5 Å². The first-order valence-corrected chi connectivity index (χ1v) is 13.0. The number of benzene rings is 4. The van der Waals surface area contributed by atoms with Crippen molar-refractivity contribution >= 4 is 56.3 Å². The number of aromatic hydroxyl groups is 1. The van der Waals surface area contributed by atoms with Crippen LogP contribution in [-0.2, 0) is 0 Å². The number of hydrogen-bond donors (Lipinski definition) is 1. The van der Waals surface area contributed by atoms with Gasteiger partial charge in [-0.1, -0.05) is 95.5 Å². The van der Waals surface area contributed by atoms with Gasteiger partial charge in [0.15, 0.2) is 5.75 Å². The van der Waals surface area contributed by atoms with Crippen LogP contribution in [0.25, 0.3) is 43.8 Å². The number of pyridine rings is 2. The van der Waals surface area contributed by atoms with E-state index in [9.17, 15) is 5.11 Å². The molecule has 0 saturated carbocycles. The molecule has 192 valence electrons. The van der Waals surface area contributed by atoms with E-state index in [4.69, 9.17) is 44.3 Å². The molecule has 1 N–H and O–H groups in total. The number of hydrogen-bond acceptors (Lipinski definition) is 5. The van der Waals surface area contributed by atoms with Gasteiger partial charge >= 0.3 is 0 Å². The summed E-state index contributed by atoms with van der Waals surface area (Å²) in [6.07, 6.45) is 3.36. The Morgan fingerprint density at radius 2 is 1.49 bits per heavy atom. The van der Waals surface area contributed by atoms with Crippen molar-refractivity contribution in [1.29, 1.82) is 0 Å². The Kier molecular flexibility index (Phi) is 6.65. The smallest absolute Gasteiger partial charge is 0.259 e. The summed E-state index contributed by atoms with van der Waals surface area (Å²) < 4.78 is 12.3. The molecule has 0 amide bonds. The van der Waals surface area contributed by atoms with Crippen molar-refractivity contribution in [2.45, 2.75) is 0 Å². The second-order valence-corrected chi connectivity index (χ2v) is 9.88. The van der Waals surface area contributed by atoms with E-state index in [-0.39, 0.29) is 22.5 Å². The SMILES string of the molecule is COc1nc(Cl)cc(-c2ccc3ccccc3c2O)c1Oc1c(-c2cccnc2)c(Cl)c(Cl)c2ccccc12. The van der Waals surface area contributed by atoms with Crippen LogP contribution in [-0.4, -0.2) is 22.2 Å². The Bertz CT molecular complexity index is 1880. The van der Waals surface area contributed by atoms with E-state index in [0.29, 0.717) is 48.8 Å². The van der Waals surface area contributed by atoms with Crippen LogP contribution in [0.2, 0.25) is 15.2 Å². The molecule has 0 aliphatic carbocycles. The molecule has 0 spiro atoms. The first-order valence-electron chi connectivity index (χ1n) is 11.9. The molecule has 0 saturated heterocycles. The number of ether oxygens (including phenoxy) is 2. The first kappa shape index (κ1) is 25.3. The number of methoxy groups -OCH3 is 1. The normalized spacial score (nSPS) is 11.2. The third kappa shape index (κ3) is 4.39. The molecule has 39 heavy (non-hydrogen) atoms. The Hall–Kier alpha value is -4.03. The fourth-order valence-corrected chi connectivity index (χ4v) is 5.44. The molecule has 6 rings (SSSR count). The van der Waals surface area contributed by atoms with E-state index in [1.807, 2.05) is 72.8 Å². The van der Waals surface area contributed by atoms with Gasteiger partial charge in [-0.05, 0) is 23.6 Å². The van der Waals surface area contributed by atoms with Crippen molar-refractivity contribution in [3.05, 3.63) is 106 Å². The van der Waals surface area contributed by atoms with Crippen LogP contribution in [0.3, 0.4) is 0 Å². The molecule has 0 unspecified atom stereocenters. The molecule has 8 heteroatoms. The summed E-state index contributed by atoms with van der Waals surface area (Å²) in [4.78, 5) is 8.62. The highest BCUT2D eigenvalue weighted by Gasteiger charge is 2.25. The highest BCUT2D eigenvalue weighted by molar-refractivity contribution is 6.47. The van der Waals surface area contributed by atoms with Gasteiger partial charge in [-0.2, -0.15) is 4.98 Å². The molecule has 4 aromatic carbocycles. The minimum Gasteiger partial charge on any atom is -0.507 e. The van der Waals surface area contributed by atoms with Crippen LogP contribution in [0.4, 0.5) is 0 Å². The number of phenols is 1. The van der Waals surface area contributed by atoms with Crippen molar-refractivity contribution < 1.29 is 14.6 Å². The number of rotatable bonds is 5. The Balaban J connectivity index is 1.67. The molecule has 0 fully saturated rings. The number of fused-ring (bicyclic) bond motifs is 2. The second kappa shape index (κ2) is 10.3. The van der Waals surface area contributed by atoms with Crippen molar-refractivity contribution in [1.82, 2.24) is 9.97 Å². The fourth-order valence-electron chi connectivity index (χ4n) is 4.70. The molecule has 2 aromatic heterocycles. The predicted octanol–water partition coefficient (Wildman–Crippen LogP) is 9.58. The number of aromatic nitrogens is 2. The molecule has 0 bridgehead atoms. The minimum atomic E-state index is 0.0775. The molecule has 0 radical (unpaired) electrons. The van der Waals surface area contributed by atoms with Crippen LogP contribution >= 0.6 is 34.8 Å². The molecule has 0 atom stereocenters. The maximum absolute atomic E-state index is 11.3. The van der Waals surface area contributed by atoms with Crippen molar-refractivity contribution in [3.63, 3.8) is 0 Å². The van der Waals surface area contributed by atoms with Gasteiger partial charge in [-0.25, -0.2) is 0 Å². The van der Waals surface area contributed by atoms with Crippen LogP contribution < -0.4 is 9.47 Å². The maximum atomic E-state index is 11.3. The monoisotopic (exact) mass is 572 g/mol. The lowest BCUT2D eigenvalue weighted by Crippen LogP contribution is -1.99. The lowest BCUT2D eigenvalue weighted by atomic mass is 9.98. The van der Waals surface area contributed by atoms with Crippen molar-refractivity contribution in [2.75, 3.05) is 7.11 Å². The summed E-state index contributed by atoms with van der Waals surface area (Å²) >= 11 is 20.0. The maximum Gasteiger partial charge on any atom is 0.259 e. The topological polar surface area (TPSA) is 64.5 Å². The molecule has 0 aliphatic heterocycles. The Labute approximate surface area is 239 Å². The highest BCUT2D eigenvalue weighted by Crippen LogP contribution is 2.52. The largest absolute Gasteiger partial charge is 0.507 e. The summed E-state index contributed by atoms with van der Waals surface area (Å²) in [5.41, 5.74) is 2.25. The van der Waals surface area contributed by atoms with E-state index in [2.05, 4.69) is 9.97 Å². The van der Waals surface area contributed by atoms with Crippen LogP contribution in [0, 0.1) is 0 Å². The highest BCUT2D eigenvalue weighted by atomic mass is 35.5. The summed E-state index contributed by atoms with van der Waals surface area (Å²) in [5.74, 6) is 0.893. The zero-order valence-electron chi connectivity index (χ0n) is 20.5. The van der Waals surface area contributed by atoms with Gasteiger partial charge < -0.3 is 14.6 Å². The first-order chi connectivity index (χ1) is 19.0. The summed E-state index contributed by atoms with van der Waals surface area (Å²) in [6, 6.07) is 24.1. The number of phenolic OH excluding ortho intramolecular Hbond substituents is 1. The quantitative estimate of drug-likeness (QED) is 0.208. The van der Waals surface area contributed by atoms with Gasteiger partial charge in [0.2, 0.25) is 0 Å². The standard InChI is InChI=1S/C31H19Cl3N2O3/c1-38-31-30(23(15-24(32)36-31)21-13-12-17-7-2-3-9-19(17)28(21)37)39-29-22-11-5-4-10-20(22)26(33)27(34)25(29)18-8-6-14-35-16-18/h2-16,37H,1H3. The molecule has 6 aromatic rings. The third-order valence-electron chi connectivity index (χ3n) is 6.50. The van der Waals surface area contributed by atoms with Gasteiger partial charge in [0.25, 0.3) is 5.88 Å².